The Morgan fingerprint density at radius 3 is 2.85 bits per heavy atom. The molecule has 1 N–H and O–H groups in total. The molecule has 4 nitrogen and oxygen atoms in total. The predicted octanol–water partition coefficient (Wildman–Crippen LogP) is 2.25. The Hall–Kier alpha value is -1.55. The summed E-state index contributed by atoms with van der Waals surface area (Å²) in [5.74, 6) is 1.22. The minimum atomic E-state index is 0.543. The fourth-order valence-electron chi connectivity index (χ4n) is 0.879. The molecule has 0 fully saturated rings. The summed E-state index contributed by atoms with van der Waals surface area (Å²) in [6.45, 7) is 0. The van der Waals surface area contributed by atoms with Gasteiger partial charge in [-0.15, -0.1) is 0 Å². The fraction of sp³-hybridized carbons (Fsp3) is 0. The smallest absolute Gasteiger partial charge is 0.165 e. The van der Waals surface area contributed by atoms with Gasteiger partial charge in [0, 0.05) is 12.3 Å². The summed E-state index contributed by atoms with van der Waals surface area (Å²) in [6, 6.07) is 1.68. The van der Waals surface area contributed by atoms with Crippen LogP contribution in [0, 0.1) is 0 Å². The molecule has 66 valence electrons. The summed E-state index contributed by atoms with van der Waals surface area (Å²) in [5, 5.41) is 6.92. The normalized spacial score (nSPS) is 9.92. The Kier molecular flexibility index (Phi) is 2.14. The first kappa shape index (κ1) is 8.07. The molecule has 0 aliphatic heterocycles. The lowest BCUT2D eigenvalue weighted by Crippen LogP contribution is -1.82. The van der Waals surface area contributed by atoms with Gasteiger partial charge >= 0.3 is 0 Å². The molecule has 2 heterocycles. The van der Waals surface area contributed by atoms with E-state index in [-0.39, 0.29) is 0 Å². The van der Waals surface area contributed by atoms with Crippen LogP contribution < -0.4 is 4.74 Å². The SMILES string of the molecule is Clc1cncc(Oc2cn[nH]c2)c1. The first-order valence-corrected chi connectivity index (χ1v) is 3.99. The molecule has 5 heteroatoms. The maximum absolute atomic E-state index is 5.72. The molecule has 13 heavy (non-hydrogen) atoms. The highest BCUT2D eigenvalue weighted by Crippen LogP contribution is 2.21. The lowest BCUT2D eigenvalue weighted by Gasteiger charge is -2.00. The molecule has 0 aliphatic carbocycles. The third kappa shape index (κ3) is 1.97. The van der Waals surface area contributed by atoms with Crippen molar-refractivity contribution in [3.63, 3.8) is 0 Å². The zero-order valence-corrected chi connectivity index (χ0v) is 7.32. The van der Waals surface area contributed by atoms with Crippen LogP contribution in [0.1, 0.15) is 0 Å². The van der Waals surface area contributed by atoms with Crippen molar-refractivity contribution in [1.29, 1.82) is 0 Å². The number of halogens is 1. The summed E-state index contributed by atoms with van der Waals surface area (Å²) in [4.78, 5) is 3.88. The van der Waals surface area contributed by atoms with Crippen LogP contribution in [0.15, 0.2) is 30.9 Å². The Balaban J connectivity index is 2.19. The van der Waals surface area contributed by atoms with Gasteiger partial charge in [-0.25, -0.2) is 0 Å². The maximum atomic E-state index is 5.72. The average molecular weight is 196 g/mol. The number of H-pyrrole nitrogens is 1. The van der Waals surface area contributed by atoms with Crippen molar-refractivity contribution in [1.82, 2.24) is 15.2 Å². The molecule has 0 unspecified atom stereocenters. The Morgan fingerprint density at radius 2 is 2.15 bits per heavy atom. The summed E-state index contributed by atoms with van der Waals surface area (Å²) in [7, 11) is 0. The van der Waals surface area contributed by atoms with E-state index in [0.717, 1.165) is 0 Å². The van der Waals surface area contributed by atoms with Crippen LogP contribution in [0.5, 0.6) is 11.5 Å². The maximum Gasteiger partial charge on any atom is 0.165 e. The number of hydrogen-bond acceptors (Lipinski definition) is 3. The predicted molar refractivity (Wildman–Crippen MR) is 47.9 cm³/mol. The largest absolute Gasteiger partial charge is 0.452 e. The second-order valence-corrected chi connectivity index (χ2v) is 2.81. The molecule has 0 saturated heterocycles. The molecule has 0 bridgehead atoms. The molecule has 2 aromatic rings. The first-order chi connectivity index (χ1) is 6.34. The van der Waals surface area contributed by atoms with Gasteiger partial charge in [0.1, 0.15) is 5.75 Å². The van der Waals surface area contributed by atoms with Gasteiger partial charge in [0.05, 0.1) is 23.6 Å². The zero-order valence-electron chi connectivity index (χ0n) is 6.57. The molecular formula is C8H6ClN3O. The van der Waals surface area contributed by atoms with Gasteiger partial charge in [0.25, 0.3) is 0 Å². The van der Waals surface area contributed by atoms with E-state index in [0.29, 0.717) is 16.5 Å². The van der Waals surface area contributed by atoms with Crippen molar-refractivity contribution in [2.45, 2.75) is 0 Å². The van der Waals surface area contributed by atoms with Gasteiger partial charge in [-0.3, -0.25) is 10.1 Å². The average Bonchev–Trinajstić information content (AvgIpc) is 2.57. The number of aromatic nitrogens is 3. The number of nitrogens with one attached hydrogen (secondary N) is 1. The Labute approximate surface area is 79.5 Å². The lowest BCUT2D eigenvalue weighted by atomic mass is 10.4. The molecule has 0 radical (unpaired) electrons. The van der Waals surface area contributed by atoms with Crippen LogP contribution in [-0.4, -0.2) is 15.2 Å². The second kappa shape index (κ2) is 3.45. The summed E-state index contributed by atoms with van der Waals surface area (Å²) >= 11 is 5.72. The quantitative estimate of drug-likeness (QED) is 0.800. The van der Waals surface area contributed by atoms with Crippen LogP contribution in [0.2, 0.25) is 5.02 Å². The zero-order chi connectivity index (χ0) is 9.10. The van der Waals surface area contributed by atoms with Gasteiger partial charge in [-0.1, -0.05) is 11.6 Å². The molecule has 0 saturated carbocycles. The van der Waals surface area contributed by atoms with E-state index < -0.39 is 0 Å². The van der Waals surface area contributed by atoms with Crippen LogP contribution in [-0.2, 0) is 0 Å². The van der Waals surface area contributed by atoms with E-state index in [1.165, 1.54) is 0 Å². The highest BCUT2D eigenvalue weighted by molar-refractivity contribution is 6.30. The number of ether oxygens (including phenoxy) is 1. The van der Waals surface area contributed by atoms with Crippen molar-refractivity contribution < 1.29 is 4.74 Å². The molecule has 2 rings (SSSR count). The summed E-state index contributed by atoms with van der Waals surface area (Å²) in [5.41, 5.74) is 0. The van der Waals surface area contributed by atoms with E-state index in [1.54, 1.807) is 30.9 Å². The fourth-order valence-corrected chi connectivity index (χ4v) is 1.04. The lowest BCUT2D eigenvalue weighted by molar-refractivity contribution is 0.480. The highest BCUT2D eigenvalue weighted by atomic mass is 35.5. The summed E-state index contributed by atoms with van der Waals surface area (Å²) in [6.07, 6.45) is 6.34. The summed E-state index contributed by atoms with van der Waals surface area (Å²) < 4.78 is 5.36. The van der Waals surface area contributed by atoms with Crippen molar-refractivity contribution >= 4 is 11.6 Å². The molecule has 0 spiro atoms. The second-order valence-electron chi connectivity index (χ2n) is 2.37. The number of nitrogens with zero attached hydrogens (tertiary/aromatic N) is 2. The topological polar surface area (TPSA) is 50.8 Å². The molecule has 0 atom stereocenters. The van der Waals surface area contributed by atoms with E-state index in [2.05, 4.69) is 15.2 Å². The van der Waals surface area contributed by atoms with Crippen LogP contribution in [0.4, 0.5) is 0 Å². The van der Waals surface area contributed by atoms with Crippen molar-refractivity contribution in [2.75, 3.05) is 0 Å². The van der Waals surface area contributed by atoms with Crippen LogP contribution in [0.3, 0.4) is 0 Å². The Bertz CT molecular complexity index is 388. The van der Waals surface area contributed by atoms with Gasteiger partial charge in [-0.2, -0.15) is 5.10 Å². The van der Waals surface area contributed by atoms with E-state index in [4.69, 9.17) is 16.3 Å². The van der Waals surface area contributed by atoms with Crippen molar-refractivity contribution in [2.24, 2.45) is 0 Å². The minimum Gasteiger partial charge on any atom is -0.452 e. The van der Waals surface area contributed by atoms with E-state index >= 15 is 0 Å². The number of pyridine rings is 1. The van der Waals surface area contributed by atoms with Gasteiger partial charge < -0.3 is 4.74 Å². The van der Waals surface area contributed by atoms with Gasteiger partial charge in [0.15, 0.2) is 5.75 Å². The van der Waals surface area contributed by atoms with Gasteiger partial charge in [-0.05, 0) is 0 Å². The highest BCUT2D eigenvalue weighted by Gasteiger charge is 1.98. The standard InChI is InChI=1S/C8H6ClN3O/c9-6-1-7(3-10-2-6)13-8-4-11-12-5-8/h1-5H,(H,11,12). The van der Waals surface area contributed by atoms with Crippen molar-refractivity contribution in [3.8, 4) is 11.5 Å². The van der Waals surface area contributed by atoms with E-state index in [9.17, 15) is 0 Å². The molecule has 0 amide bonds. The van der Waals surface area contributed by atoms with Crippen molar-refractivity contribution in [3.05, 3.63) is 35.9 Å². The van der Waals surface area contributed by atoms with Crippen LogP contribution >= 0.6 is 11.6 Å². The molecule has 0 aliphatic rings. The Morgan fingerprint density at radius 1 is 1.23 bits per heavy atom. The van der Waals surface area contributed by atoms with Gasteiger partial charge in [0.2, 0.25) is 0 Å². The third-order valence-corrected chi connectivity index (χ3v) is 1.60. The minimum absolute atomic E-state index is 0.543. The number of aromatic amines is 1. The first-order valence-electron chi connectivity index (χ1n) is 3.62. The molecule has 2 aromatic heterocycles. The van der Waals surface area contributed by atoms with E-state index in [1.807, 2.05) is 0 Å². The third-order valence-electron chi connectivity index (χ3n) is 1.39. The molecular weight excluding hydrogens is 190 g/mol. The molecule has 0 aromatic carbocycles. The number of hydrogen-bond donors (Lipinski definition) is 1. The monoisotopic (exact) mass is 195 g/mol. The van der Waals surface area contributed by atoms with Crippen LogP contribution in [0.25, 0.3) is 0 Å². The number of rotatable bonds is 2.